The average molecular weight is 334 g/mol. The van der Waals surface area contributed by atoms with E-state index in [0.29, 0.717) is 12.8 Å². The van der Waals surface area contributed by atoms with Crippen LogP contribution in [-0.2, 0) is 23.8 Å². The van der Waals surface area contributed by atoms with E-state index in [1.807, 2.05) is 24.3 Å². The Morgan fingerprint density at radius 2 is 1.79 bits per heavy atom. The van der Waals surface area contributed by atoms with Crippen LogP contribution in [0.2, 0.25) is 0 Å². The first kappa shape index (κ1) is 16.5. The van der Waals surface area contributed by atoms with Crippen molar-refractivity contribution in [3.05, 3.63) is 70.8 Å². The maximum absolute atomic E-state index is 12.7. The molecule has 0 aromatic heterocycles. The van der Waals surface area contributed by atoms with Gasteiger partial charge in [0.05, 0.1) is 11.6 Å². The van der Waals surface area contributed by atoms with Gasteiger partial charge < -0.3 is 5.73 Å². The molecule has 2 atom stereocenters. The van der Waals surface area contributed by atoms with Crippen molar-refractivity contribution in [1.29, 1.82) is 0 Å². The average Bonchev–Trinajstić information content (AvgIpc) is 2.54. The number of halogens is 3. The first-order chi connectivity index (χ1) is 11.3. The van der Waals surface area contributed by atoms with E-state index in [1.165, 1.54) is 12.1 Å². The quantitative estimate of drug-likeness (QED) is 0.907. The lowest BCUT2D eigenvalue weighted by Gasteiger charge is -2.32. The number of nitrogens with one attached hydrogen (secondary N) is 1. The van der Waals surface area contributed by atoms with E-state index in [1.54, 1.807) is 0 Å². The first-order valence-corrected chi connectivity index (χ1v) is 7.64. The van der Waals surface area contributed by atoms with Gasteiger partial charge in [-0.1, -0.05) is 36.4 Å². The van der Waals surface area contributed by atoms with Gasteiger partial charge in [-0.3, -0.25) is 10.1 Å². The van der Waals surface area contributed by atoms with Crippen molar-refractivity contribution >= 4 is 5.91 Å². The zero-order valence-electron chi connectivity index (χ0n) is 12.8. The molecule has 0 saturated heterocycles. The number of benzene rings is 2. The molecule has 0 bridgehead atoms. The first-order valence-electron chi connectivity index (χ1n) is 7.64. The summed E-state index contributed by atoms with van der Waals surface area (Å²) < 4.78 is 38.0. The van der Waals surface area contributed by atoms with E-state index in [-0.39, 0.29) is 6.04 Å². The Morgan fingerprint density at radius 3 is 2.42 bits per heavy atom. The highest BCUT2D eigenvalue weighted by molar-refractivity contribution is 5.80. The predicted molar refractivity (Wildman–Crippen MR) is 84.2 cm³/mol. The zero-order valence-corrected chi connectivity index (χ0v) is 12.8. The van der Waals surface area contributed by atoms with E-state index >= 15 is 0 Å². The number of primary amides is 1. The Morgan fingerprint density at radius 1 is 1.12 bits per heavy atom. The Hall–Kier alpha value is -2.34. The fraction of sp³-hybridized carbons (Fsp3) is 0.278. The maximum atomic E-state index is 12.7. The summed E-state index contributed by atoms with van der Waals surface area (Å²) in [5.41, 5.74) is 7.61. The van der Waals surface area contributed by atoms with Crippen LogP contribution in [0, 0.1) is 0 Å². The third kappa shape index (κ3) is 3.43. The molecule has 24 heavy (non-hydrogen) atoms. The van der Waals surface area contributed by atoms with Gasteiger partial charge in [-0.25, -0.2) is 0 Å². The minimum Gasteiger partial charge on any atom is -0.368 e. The van der Waals surface area contributed by atoms with Crippen LogP contribution in [0.25, 0.3) is 0 Å². The molecule has 1 aliphatic rings. The lowest BCUT2D eigenvalue weighted by atomic mass is 9.87. The van der Waals surface area contributed by atoms with Crippen molar-refractivity contribution in [1.82, 2.24) is 5.32 Å². The number of nitrogens with two attached hydrogens (primary N) is 1. The minimum atomic E-state index is -4.34. The van der Waals surface area contributed by atoms with Crippen molar-refractivity contribution in [3.63, 3.8) is 0 Å². The fourth-order valence-corrected chi connectivity index (χ4v) is 3.09. The van der Waals surface area contributed by atoms with Gasteiger partial charge in [0.15, 0.2) is 0 Å². The second-order valence-corrected chi connectivity index (χ2v) is 5.98. The van der Waals surface area contributed by atoms with E-state index in [2.05, 4.69) is 5.32 Å². The molecule has 126 valence electrons. The van der Waals surface area contributed by atoms with Crippen LogP contribution >= 0.6 is 0 Å². The summed E-state index contributed by atoms with van der Waals surface area (Å²) in [5.74, 6) is -0.429. The highest BCUT2D eigenvalue weighted by Gasteiger charge is 2.31. The molecule has 3 rings (SSSR count). The topological polar surface area (TPSA) is 55.1 Å². The number of carbonyl (C=O) groups is 1. The largest absolute Gasteiger partial charge is 0.416 e. The molecular formula is C18H17F3N2O. The number of alkyl halides is 3. The molecule has 1 heterocycles. The molecule has 0 radical (unpaired) electrons. The molecule has 2 aromatic carbocycles. The molecular weight excluding hydrogens is 317 g/mol. The maximum Gasteiger partial charge on any atom is 0.416 e. The van der Waals surface area contributed by atoms with Gasteiger partial charge in [0.1, 0.15) is 0 Å². The smallest absolute Gasteiger partial charge is 0.368 e. The van der Waals surface area contributed by atoms with E-state index in [0.717, 1.165) is 28.8 Å². The van der Waals surface area contributed by atoms with E-state index in [4.69, 9.17) is 5.73 Å². The summed E-state index contributed by atoms with van der Waals surface area (Å²) >= 11 is 0. The van der Waals surface area contributed by atoms with Gasteiger partial charge >= 0.3 is 6.18 Å². The third-order valence-corrected chi connectivity index (χ3v) is 4.32. The predicted octanol–water partition coefficient (Wildman–Crippen LogP) is 2.99. The Bertz CT molecular complexity index is 741. The fourth-order valence-electron chi connectivity index (χ4n) is 3.09. The van der Waals surface area contributed by atoms with Crippen molar-refractivity contribution in [2.75, 3.05) is 0 Å². The molecule has 2 aromatic rings. The molecule has 3 N–H and O–H groups in total. The van der Waals surface area contributed by atoms with Crippen LogP contribution in [0.15, 0.2) is 48.5 Å². The van der Waals surface area contributed by atoms with Crippen LogP contribution in [0.1, 0.15) is 28.3 Å². The highest BCUT2D eigenvalue weighted by Crippen LogP contribution is 2.31. The van der Waals surface area contributed by atoms with Crippen LogP contribution in [0.5, 0.6) is 0 Å². The molecule has 2 unspecified atom stereocenters. The van der Waals surface area contributed by atoms with Crippen LogP contribution in [0.3, 0.4) is 0 Å². The molecule has 1 aliphatic heterocycles. The second-order valence-electron chi connectivity index (χ2n) is 5.98. The lowest BCUT2D eigenvalue weighted by molar-refractivity contribution is -0.137. The summed E-state index contributed by atoms with van der Waals surface area (Å²) in [6, 6.07) is 12.2. The second kappa shape index (κ2) is 6.28. The van der Waals surface area contributed by atoms with E-state index in [9.17, 15) is 18.0 Å². The summed E-state index contributed by atoms with van der Waals surface area (Å²) in [6.07, 6.45) is -3.33. The van der Waals surface area contributed by atoms with Crippen molar-refractivity contribution in [3.8, 4) is 0 Å². The summed E-state index contributed by atoms with van der Waals surface area (Å²) in [4.78, 5) is 11.6. The van der Waals surface area contributed by atoms with Crippen molar-refractivity contribution < 1.29 is 18.0 Å². The van der Waals surface area contributed by atoms with Crippen LogP contribution in [0.4, 0.5) is 13.2 Å². The van der Waals surface area contributed by atoms with Gasteiger partial charge in [-0.05, 0) is 41.7 Å². The van der Waals surface area contributed by atoms with Crippen LogP contribution in [-0.4, -0.2) is 11.9 Å². The summed E-state index contributed by atoms with van der Waals surface area (Å²) in [5, 5.41) is 3.21. The molecule has 0 fully saturated rings. The molecule has 0 spiro atoms. The lowest BCUT2D eigenvalue weighted by Crippen LogP contribution is -2.48. The van der Waals surface area contributed by atoms with Gasteiger partial charge in [0.2, 0.25) is 5.91 Å². The van der Waals surface area contributed by atoms with Gasteiger partial charge in [-0.2, -0.15) is 13.2 Å². The summed E-state index contributed by atoms with van der Waals surface area (Å²) in [6.45, 7) is 0. The van der Waals surface area contributed by atoms with Gasteiger partial charge in [0.25, 0.3) is 0 Å². The minimum absolute atomic E-state index is 0.163. The van der Waals surface area contributed by atoms with Gasteiger partial charge in [0, 0.05) is 6.04 Å². The molecule has 3 nitrogen and oxygen atoms in total. The Labute approximate surface area is 137 Å². The summed E-state index contributed by atoms with van der Waals surface area (Å²) in [7, 11) is 0. The Kier molecular flexibility index (Phi) is 4.32. The number of hydrogen-bond acceptors (Lipinski definition) is 2. The standard InChI is InChI=1S/C18H17F3N2O/c19-18(20,21)13-7-5-11(6-8-13)9-15-14-4-2-1-3-12(14)10-16(23-15)17(22)24/h1-8,15-16,23H,9-10H2,(H2,22,24). The van der Waals surface area contributed by atoms with E-state index < -0.39 is 23.7 Å². The third-order valence-electron chi connectivity index (χ3n) is 4.32. The molecule has 6 heteroatoms. The number of rotatable bonds is 3. The SMILES string of the molecule is NC(=O)C1Cc2ccccc2C(Cc2ccc(C(F)(F)F)cc2)N1. The van der Waals surface area contributed by atoms with Crippen molar-refractivity contribution in [2.24, 2.45) is 5.73 Å². The number of hydrogen-bond donors (Lipinski definition) is 2. The number of fused-ring (bicyclic) bond motifs is 1. The number of carbonyl (C=O) groups excluding carboxylic acids is 1. The van der Waals surface area contributed by atoms with Crippen molar-refractivity contribution in [2.45, 2.75) is 31.1 Å². The van der Waals surface area contributed by atoms with Crippen LogP contribution < -0.4 is 11.1 Å². The normalized spacial score (nSPS) is 20.5. The molecule has 0 aliphatic carbocycles. The molecule has 0 saturated carbocycles. The highest BCUT2D eigenvalue weighted by atomic mass is 19.4. The monoisotopic (exact) mass is 334 g/mol. The molecule has 1 amide bonds. The number of amides is 1. The Balaban J connectivity index is 1.84. The van der Waals surface area contributed by atoms with Gasteiger partial charge in [-0.15, -0.1) is 0 Å². The zero-order chi connectivity index (χ0) is 17.3.